The fourth-order valence-corrected chi connectivity index (χ4v) is 4.77. The minimum Gasteiger partial charge on any atom is -0.393 e. The Morgan fingerprint density at radius 1 is 1.07 bits per heavy atom. The molecule has 15 heteroatoms. The molecule has 3 heterocycles. The van der Waals surface area contributed by atoms with Gasteiger partial charge in [0.25, 0.3) is 0 Å². The van der Waals surface area contributed by atoms with Crippen molar-refractivity contribution in [1.82, 2.24) is 24.4 Å². The number of aliphatic hydroxyl groups is 1. The van der Waals surface area contributed by atoms with Crippen molar-refractivity contribution in [2.75, 3.05) is 26.7 Å². The van der Waals surface area contributed by atoms with Crippen LogP contribution in [0.15, 0.2) is 30.5 Å². The number of alkyl halides is 6. The van der Waals surface area contributed by atoms with Crippen LogP contribution in [0.3, 0.4) is 0 Å². The van der Waals surface area contributed by atoms with E-state index in [1.54, 1.807) is 6.07 Å². The van der Waals surface area contributed by atoms with Crippen molar-refractivity contribution in [3.05, 3.63) is 53.1 Å². The Hall–Kier alpha value is -3.59. The topological polar surface area (TPSA) is 91.0 Å². The van der Waals surface area contributed by atoms with Crippen molar-refractivity contribution >= 4 is 18.3 Å². The number of aliphatic hydroxyl groups excluding tert-OH is 1. The number of nitrogens with zero attached hydrogens (tertiary/aromatic N) is 5. The maximum Gasteiger partial charge on any atom is 0.419 e. The summed E-state index contributed by atoms with van der Waals surface area (Å²) in [6.45, 7) is 9.30. The summed E-state index contributed by atoms with van der Waals surface area (Å²) in [4.78, 5) is 29.7. The molecule has 2 aliphatic rings. The van der Waals surface area contributed by atoms with Crippen LogP contribution in [-0.4, -0.2) is 87.2 Å². The number of aromatic nitrogens is 3. The number of hydrogen-bond acceptors (Lipinski definition) is 6. The standard InChI is InChI=1S/C17H13F4N3O.C8H16N2O.C5H10O.CHF3/c1-9(2)12-6-15(23-24-7-11(8-25)22-16(12)24)10-3-4-13(14(18)5-10)17(19,20)21;1-8(2)6-10(7-11)5-4-9(8)3;1-4-2-5(6)3-4;2-1(3)4/h3-9H,1-2H3;7H,4-6H2,1-3H3;4-6H,2-3H2,1H3;1H. The van der Waals surface area contributed by atoms with E-state index in [0.717, 1.165) is 56.4 Å². The van der Waals surface area contributed by atoms with Gasteiger partial charge < -0.3 is 10.0 Å². The molecule has 1 saturated carbocycles. The molecule has 0 unspecified atom stereocenters. The summed E-state index contributed by atoms with van der Waals surface area (Å²) in [6, 6.07) is 4.31. The number of halogens is 7. The van der Waals surface area contributed by atoms with Gasteiger partial charge in [-0.2, -0.15) is 31.4 Å². The average Bonchev–Trinajstić information content (AvgIpc) is 3.36. The van der Waals surface area contributed by atoms with Gasteiger partial charge in [-0.25, -0.2) is 13.9 Å². The fraction of sp³-hybridized carbons (Fsp3) is 0.548. The number of likely N-dealkylation sites (N-methyl/N-ethyl adjacent to an activating group) is 1. The Kier molecular flexibility index (Phi) is 13.7. The predicted octanol–water partition coefficient (Wildman–Crippen LogP) is 6.61. The number of rotatable bonds is 4. The van der Waals surface area contributed by atoms with Crippen LogP contribution in [0.25, 0.3) is 16.9 Å². The first kappa shape index (κ1) is 38.6. The average molecular weight is 664 g/mol. The van der Waals surface area contributed by atoms with E-state index >= 15 is 0 Å². The molecule has 1 N–H and O–H groups in total. The molecule has 0 atom stereocenters. The van der Waals surface area contributed by atoms with Crippen molar-refractivity contribution < 1.29 is 45.4 Å². The molecule has 256 valence electrons. The van der Waals surface area contributed by atoms with Crippen LogP contribution in [-0.2, 0) is 11.0 Å². The first-order chi connectivity index (χ1) is 21.3. The molecule has 5 rings (SSSR count). The van der Waals surface area contributed by atoms with Crippen LogP contribution < -0.4 is 0 Å². The predicted molar refractivity (Wildman–Crippen MR) is 159 cm³/mol. The molecule has 8 nitrogen and oxygen atoms in total. The van der Waals surface area contributed by atoms with Crippen molar-refractivity contribution in [3.8, 4) is 11.3 Å². The van der Waals surface area contributed by atoms with Gasteiger partial charge in [-0.1, -0.05) is 26.8 Å². The molecule has 1 amide bonds. The van der Waals surface area contributed by atoms with Gasteiger partial charge in [0, 0.05) is 36.3 Å². The lowest BCUT2D eigenvalue weighted by molar-refractivity contribution is -0.140. The first-order valence-electron chi connectivity index (χ1n) is 14.5. The maximum absolute atomic E-state index is 13.9. The molecule has 1 aromatic carbocycles. The zero-order valence-electron chi connectivity index (χ0n) is 26.5. The van der Waals surface area contributed by atoms with Gasteiger partial charge in [0.2, 0.25) is 6.41 Å². The molecular formula is C31H40F7N5O3. The van der Waals surface area contributed by atoms with Crippen LogP contribution in [0.4, 0.5) is 30.7 Å². The van der Waals surface area contributed by atoms with E-state index in [-0.39, 0.29) is 28.8 Å². The minimum absolute atomic E-state index is 0.0189. The van der Waals surface area contributed by atoms with Gasteiger partial charge in [0.1, 0.15) is 11.5 Å². The minimum atomic E-state index is -4.76. The summed E-state index contributed by atoms with van der Waals surface area (Å²) in [5.41, 5.74) is 0.720. The Balaban J connectivity index is 0.000000285. The summed E-state index contributed by atoms with van der Waals surface area (Å²) in [5.74, 6) is -0.553. The highest BCUT2D eigenvalue weighted by atomic mass is 19.4. The van der Waals surface area contributed by atoms with Crippen molar-refractivity contribution in [2.45, 2.75) is 77.9 Å². The van der Waals surface area contributed by atoms with Gasteiger partial charge in [-0.3, -0.25) is 14.5 Å². The number of carbonyl (C=O) groups is 2. The zero-order chi connectivity index (χ0) is 35.0. The second-order valence-electron chi connectivity index (χ2n) is 12.2. The summed E-state index contributed by atoms with van der Waals surface area (Å²) in [5, 5.41) is 12.9. The number of imidazole rings is 1. The third-order valence-corrected chi connectivity index (χ3v) is 7.63. The quantitative estimate of drug-likeness (QED) is 0.250. The van der Waals surface area contributed by atoms with Crippen LogP contribution in [0, 0.1) is 11.7 Å². The Labute approximate surface area is 263 Å². The third kappa shape index (κ3) is 11.0. The van der Waals surface area contributed by atoms with Crippen LogP contribution in [0.2, 0.25) is 0 Å². The lowest BCUT2D eigenvalue weighted by atomic mass is 9.84. The van der Waals surface area contributed by atoms with E-state index in [1.165, 1.54) is 16.8 Å². The molecule has 1 saturated heterocycles. The molecule has 2 aromatic heterocycles. The molecule has 1 aliphatic heterocycles. The van der Waals surface area contributed by atoms with Crippen molar-refractivity contribution in [1.29, 1.82) is 0 Å². The normalized spacial score (nSPS) is 19.3. The second kappa shape index (κ2) is 16.3. The maximum atomic E-state index is 13.9. The highest BCUT2D eigenvalue weighted by Crippen LogP contribution is 2.34. The molecule has 1 aliphatic carbocycles. The van der Waals surface area contributed by atoms with E-state index in [2.05, 4.69) is 42.8 Å². The van der Waals surface area contributed by atoms with Gasteiger partial charge in [0.15, 0.2) is 11.9 Å². The van der Waals surface area contributed by atoms with Gasteiger partial charge in [0.05, 0.1) is 23.6 Å². The molecular weight excluding hydrogens is 623 g/mol. The summed E-state index contributed by atoms with van der Waals surface area (Å²) >= 11 is 0. The summed E-state index contributed by atoms with van der Waals surface area (Å²) < 4.78 is 82.3. The molecule has 2 fully saturated rings. The van der Waals surface area contributed by atoms with Crippen LogP contribution in [0.1, 0.15) is 75.0 Å². The van der Waals surface area contributed by atoms with E-state index < -0.39 is 24.2 Å². The number of fused-ring (bicyclic) bond motifs is 1. The van der Waals surface area contributed by atoms with Crippen LogP contribution >= 0.6 is 0 Å². The summed E-state index contributed by atoms with van der Waals surface area (Å²) in [6.07, 6.45) is 0.273. The highest BCUT2D eigenvalue weighted by molar-refractivity contribution is 5.74. The highest BCUT2D eigenvalue weighted by Gasteiger charge is 2.34. The van der Waals surface area contributed by atoms with Crippen molar-refractivity contribution in [2.24, 2.45) is 5.92 Å². The van der Waals surface area contributed by atoms with E-state index in [4.69, 9.17) is 5.11 Å². The van der Waals surface area contributed by atoms with Gasteiger partial charge in [-0.05, 0) is 63.8 Å². The van der Waals surface area contributed by atoms with Crippen LogP contribution in [0.5, 0.6) is 0 Å². The lowest BCUT2D eigenvalue weighted by Crippen LogP contribution is -2.57. The number of benzene rings is 1. The molecule has 0 radical (unpaired) electrons. The number of piperazine rings is 1. The number of amides is 1. The number of carbonyl (C=O) groups excluding carboxylic acids is 2. The largest absolute Gasteiger partial charge is 0.419 e. The SMILES string of the molecule is CC(C)c1cc(-c2ccc(C(F)(F)F)c(F)c2)nn2cc(C=O)nc12.CC1CC(O)C1.CN1CCN(C=O)CC1(C)C.FC(F)F. The Morgan fingerprint density at radius 2 is 1.67 bits per heavy atom. The Morgan fingerprint density at radius 3 is 2.09 bits per heavy atom. The molecule has 3 aromatic rings. The monoisotopic (exact) mass is 663 g/mol. The smallest absolute Gasteiger partial charge is 0.393 e. The zero-order valence-corrected chi connectivity index (χ0v) is 26.5. The van der Waals surface area contributed by atoms with Gasteiger partial charge >= 0.3 is 12.9 Å². The van der Waals surface area contributed by atoms with E-state index in [1.807, 2.05) is 18.7 Å². The molecule has 0 bridgehead atoms. The van der Waals surface area contributed by atoms with E-state index in [9.17, 15) is 40.3 Å². The number of hydrogen-bond donors (Lipinski definition) is 1. The lowest BCUT2D eigenvalue weighted by Gasteiger charge is -2.43. The first-order valence-corrected chi connectivity index (χ1v) is 14.5. The Bertz CT molecular complexity index is 1430. The second-order valence-corrected chi connectivity index (χ2v) is 12.2. The van der Waals surface area contributed by atoms with Gasteiger partial charge in [-0.15, -0.1) is 0 Å². The third-order valence-electron chi connectivity index (χ3n) is 7.63. The fourth-order valence-electron chi connectivity index (χ4n) is 4.77. The summed E-state index contributed by atoms with van der Waals surface area (Å²) in [7, 11) is 2.10. The number of aldehydes is 1. The molecule has 46 heavy (non-hydrogen) atoms. The van der Waals surface area contributed by atoms with E-state index in [0.29, 0.717) is 23.7 Å². The molecule has 0 spiro atoms. The van der Waals surface area contributed by atoms with Crippen molar-refractivity contribution in [3.63, 3.8) is 0 Å².